The Labute approximate surface area is 168 Å². The van der Waals surface area contributed by atoms with Crippen LogP contribution in [0.4, 0.5) is 0 Å². The monoisotopic (exact) mass is 380 g/mol. The first-order chi connectivity index (χ1) is 13.6. The molecule has 0 spiro atoms. The zero-order valence-corrected chi connectivity index (χ0v) is 17.1. The summed E-state index contributed by atoms with van der Waals surface area (Å²) in [4.78, 5) is 7.08. The molecule has 4 nitrogen and oxygen atoms in total. The average molecular weight is 381 g/mol. The van der Waals surface area contributed by atoms with Crippen molar-refractivity contribution in [2.24, 2.45) is 11.8 Å². The Kier molecular flexibility index (Phi) is 5.98. The molecule has 1 N–H and O–H groups in total. The van der Waals surface area contributed by atoms with E-state index in [0.29, 0.717) is 11.8 Å². The zero-order chi connectivity index (χ0) is 19.5. The van der Waals surface area contributed by atoms with Gasteiger partial charge < -0.3 is 14.7 Å². The third-order valence-electron chi connectivity index (χ3n) is 6.40. The van der Waals surface area contributed by atoms with Gasteiger partial charge in [-0.15, -0.1) is 0 Å². The van der Waals surface area contributed by atoms with E-state index in [4.69, 9.17) is 4.74 Å². The summed E-state index contributed by atoms with van der Waals surface area (Å²) in [6.07, 6.45) is 3.62. The lowest BCUT2D eigenvalue weighted by Crippen LogP contribution is -2.42. The fraction of sp³-hybridized carbons (Fsp3) is 0.542. The lowest BCUT2D eigenvalue weighted by molar-refractivity contribution is -0.0236. The van der Waals surface area contributed by atoms with Crippen molar-refractivity contribution in [2.45, 2.75) is 51.7 Å². The van der Waals surface area contributed by atoms with Gasteiger partial charge in [0, 0.05) is 18.8 Å². The van der Waals surface area contributed by atoms with Crippen molar-refractivity contribution in [3.63, 3.8) is 0 Å². The summed E-state index contributed by atoms with van der Waals surface area (Å²) >= 11 is 0. The van der Waals surface area contributed by atoms with E-state index in [1.807, 2.05) is 26.0 Å². The Morgan fingerprint density at radius 2 is 1.79 bits per heavy atom. The highest BCUT2D eigenvalue weighted by atomic mass is 16.5. The number of pyridine rings is 1. The van der Waals surface area contributed by atoms with Gasteiger partial charge in [-0.25, -0.2) is 0 Å². The second-order valence-electron chi connectivity index (χ2n) is 8.60. The smallest absolute Gasteiger partial charge is 0.141 e. The minimum Gasteiger partial charge on any atom is -0.486 e. The van der Waals surface area contributed by atoms with E-state index in [-0.39, 0.29) is 12.2 Å². The van der Waals surface area contributed by atoms with Crippen LogP contribution in [-0.4, -0.2) is 46.8 Å². The maximum atomic E-state index is 10.7. The first kappa shape index (κ1) is 19.4. The van der Waals surface area contributed by atoms with Crippen LogP contribution < -0.4 is 4.74 Å². The molecule has 4 atom stereocenters. The van der Waals surface area contributed by atoms with Crippen LogP contribution >= 0.6 is 0 Å². The number of hydrogen-bond acceptors (Lipinski definition) is 4. The normalized spacial score (nSPS) is 27.5. The molecule has 0 radical (unpaired) electrons. The molecule has 28 heavy (non-hydrogen) atoms. The second kappa shape index (κ2) is 8.62. The predicted molar refractivity (Wildman–Crippen MR) is 112 cm³/mol. The van der Waals surface area contributed by atoms with Gasteiger partial charge in [-0.1, -0.05) is 30.3 Å². The fourth-order valence-electron chi connectivity index (χ4n) is 4.91. The highest BCUT2D eigenvalue weighted by Crippen LogP contribution is 2.38. The van der Waals surface area contributed by atoms with Crippen molar-refractivity contribution in [3.8, 4) is 5.75 Å². The first-order valence-electron chi connectivity index (χ1n) is 10.6. The number of ether oxygens (including phenoxy) is 1. The summed E-state index contributed by atoms with van der Waals surface area (Å²) in [5, 5.41) is 10.7. The molecule has 0 amide bonds. The van der Waals surface area contributed by atoms with Crippen molar-refractivity contribution in [3.05, 3.63) is 59.4 Å². The molecule has 4 rings (SSSR count). The van der Waals surface area contributed by atoms with Gasteiger partial charge in [0.1, 0.15) is 11.9 Å². The van der Waals surface area contributed by atoms with E-state index in [9.17, 15) is 5.11 Å². The zero-order valence-electron chi connectivity index (χ0n) is 17.1. The molecule has 1 saturated carbocycles. The molecule has 1 aliphatic heterocycles. The van der Waals surface area contributed by atoms with Crippen LogP contribution in [0.25, 0.3) is 0 Å². The molecular weight excluding hydrogens is 348 g/mol. The molecule has 0 bridgehead atoms. The van der Waals surface area contributed by atoms with Crippen LogP contribution in [0.5, 0.6) is 5.75 Å². The molecule has 2 aromatic rings. The maximum absolute atomic E-state index is 10.7. The minimum absolute atomic E-state index is 0.117. The Balaban J connectivity index is 1.29. The third-order valence-corrected chi connectivity index (χ3v) is 6.40. The quantitative estimate of drug-likeness (QED) is 0.828. The minimum atomic E-state index is -0.383. The van der Waals surface area contributed by atoms with Crippen LogP contribution in [0.2, 0.25) is 0 Å². The molecule has 1 aromatic carbocycles. The fourth-order valence-corrected chi connectivity index (χ4v) is 4.91. The number of aliphatic hydroxyl groups excluding tert-OH is 1. The predicted octanol–water partition coefficient (Wildman–Crippen LogP) is 3.78. The standard InChI is InChI=1S/C24H32N2O2/c1-17-10-11-23(18(2)25-17)28-24-14-21-16-26(15-20(21)13-22(24)27)12-6-9-19-7-4-3-5-8-19/h3-5,7-8,10-11,20-22,24,27H,6,9,12-16H2,1-2H3/t20-,21+,22+,24+/m0/s1. The van der Waals surface area contributed by atoms with Crippen LogP contribution in [0, 0.1) is 25.7 Å². The first-order valence-corrected chi connectivity index (χ1v) is 10.6. The van der Waals surface area contributed by atoms with Gasteiger partial charge in [-0.2, -0.15) is 0 Å². The summed E-state index contributed by atoms with van der Waals surface area (Å²) in [5.41, 5.74) is 3.32. The van der Waals surface area contributed by atoms with Gasteiger partial charge in [0.05, 0.1) is 11.8 Å². The average Bonchev–Trinajstić information content (AvgIpc) is 3.06. The SMILES string of the molecule is Cc1ccc(O[C@@H]2C[C@@H]3CN(CCCc4ccccc4)C[C@@H]3C[C@H]2O)c(C)n1. The molecule has 150 valence electrons. The molecule has 0 unspecified atom stereocenters. The Hall–Kier alpha value is -1.91. The number of hydrogen-bond donors (Lipinski definition) is 1. The summed E-state index contributed by atoms with van der Waals surface area (Å²) in [6.45, 7) is 7.36. The Morgan fingerprint density at radius 1 is 1.04 bits per heavy atom. The number of rotatable bonds is 6. The van der Waals surface area contributed by atoms with Crippen molar-refractivity contribution >= 4 is 0 Å². The maximum Gasteiger partial charge on any atom is 0.141 e. The van der Waals surface area contributed by atoms with Gasteiger partial charge >= 0.3 is 0 Å². The van der Waals surface area contributed by atoms with Gasteiger partial charge in [0.2, 0.25) is 0 Å². The van der Waals surface area contributed by atoms with Crippen LogP contribution in [0.1, 0.15) is 36.2 Å². The van der Waals surface area contributed by atoms with Gasteiger partial charge in [0.15, 0.2) is 0 Å². The van der Waals surface area contributed by atoms with Crippen molar-refractivity contribution in [2.75, 3.05) is 19.6 Å². The van der Waals surface area contributed by atoms with E-state index in [1.54, 1.807) is 0 Å². The summed E-state index contributed by atoms with van der Waals surface area (Å²) in [7, 11) is 0. The topological polar surface area (TPSA) is 45.6 Å². The van der Waals surface area contributed by atoms with Crippen molar-refractivity contribution in [1.29, 1.82) is 0 Å². The number of aromatic nitrogens is 1. The van der Waals surface area contributed by atoms with Crippen molar-refractivity contribution in [1.82, 2.24) is 9.88 Å². The number of likely N-dealkylation sites (tertiary alicyclic amines) is 1. The van der Waals surface area contributed by atoms with Gasteiger partial charge in [-0.3, -0.25) is 4.98 Å². The van der Waals surface area contributed by atoms with Crippen LogP contribution in [0.3, 0.4) is 0 Å². The number of aryl methyl sites for hydroxylation is 3. The molecule has 4 heteroatoms. The Bertz CT molecular complexity index is 779. The molecule has 1 saturated heterocycles. The lowest BCUT2D eigenvalue weighted by atomic mass is 9.78. The van der Waals surface area contributed by atoms with E-state index < -0.39 is 0 Å². The number of benzene rings is 1. The lowest BCUT2D eigenvalue weighted by Gasteiger charge is -2.35. The van der Waals surface area contributed by atoms with Crippen LogP contribution in [0.15, 0.2) is 42.5 Å². The highest BCUT2D eigenvalue weighted by molar-refractivity contribution is 5.28. The molecule has 2 aliphatic rings. The van der Waals surface area contributed by atoms with E-state index >= 15 is 0 Å². The van der Waals surface area contributed by atoms with Crippen LogP contribution in [-0.2, 0) is 6.42 Å². The van der Waals surface area contributed by atoms with E-state index in [0.717, 1.165) is 56.0 Å². The molecular formula is C24H32N2O2. The largest absolute Gasteiger partial charge is 0.486 e. The number of nitrogens with zero attached hydrogens (tertiary/aromatic N) is 2. The molecule has 2 fully saturated rings. The van der Waals surface area contributed by atoms with Crippen molar-refractivity contribution < 1.29 is 9.84 Å². The Morgan fingerprint density at radius 3 is 2.54 bits per heavy atom. The molecule has 2 heterocycles. The molecule has 1 aromatic heterocycles. The molecule has 1 aliphatic carbocycles. The second-order valence-corrected chi connectivity index (χ2v) is 8.60. The van der Waals surface area contributed by atoms with Gasteiger partial charge in [0.25, 0.3) is 0 Å². The number of aliphatic hydroxyl groups is 1. The third kappa shape index (κ3) is 4.56. The summed E-state index contributed by atoms with van der Waals surface area (Å²) in [6, 6.07) is 14.7. The van der Waals surface area contributed by atoms with E-state index in [1.165, 1.54) is 12.0 Å². The summed E-state index contributed by atoms with van der Waals surface area (Å²) < 4.78 is 6.20. The summed E-state index contributed by atoms with van der Waals surface area (Å²) in [5.74, 6) is 2.04. The number of fused-ring (bicyclic) bond motifs is 1. The van der Waals surface area contributed by atoms with E-state index in [2.05, 4.69) is 40.2 Å². The van der Waals surface area contributed by atoms with Gasteiger partial charge in [-0.05, 0) is 75.6 Å². The highest BCUT2D eigenvalue weighted by Gasteiger charge is 2.42.